The third-order valence-corrected chi connectivity index (χ3v) is 2.08. The third kappa shape index (κ3) is 2.54. The summed E-state index contributed by atoms with van der Waals surface area (Å²) in [7, 11) is 0. The Morgan fingerprint density at radius 1 is 1.33 bits per heavy atom. The fourth-order valence-electron chi connectivity index (χ4n) is 1.18. The van der Waals surface area contributed by atoms with Crippen molar-refractivity contribution in [3.8, 4) is 0 Å². The van der Waals surface area contributed by atoms with E-state index in [2.05, 4.69) is 44.7 Å². The van der Waals surface area contributed by atoms with Crippen molar-refractivity contribution in [1.29, 1.82) is 0 Å². The Kier molecular flexibility index (Phi) is 3.09. The van der Waals surface area contributed by atoms with E-state index in [9.17, 15) is 0 Å². The van der Waals surface area contributed by atoms with Gasteiger partial charge in [0.2, 0.25) is 0 Å². The van der Waals surface area contributed by atoms with Crippen molar-refractivity contribution in [2.24, 2.45) is 5.92 Å². The molecule has 1 aromatic rings. The molecule has 0 aliphatic rings. The smallest absolute Gasteiger partial charge is 0.0218 e. The molecule has 0 bridgehead atoms. The van der Waals surface area contributed by atoms with Crippen LogP contribution in [-0.4, -0.2) is 0 Å². The van der Waals surface area contributed by atoms with Crippen LogP contribution in [-0.2, 0) is 6.42 Å². The first kappa shape index (κ1) is 9.05. The summed E-state index contributed by atoms with van der Waals surface area (Å²) in [5, 5.41) is 0. The number of aryl methyl sites for hydroxylation is 1. The molecule has 0 nitrogen and oxygen atoms in total. The van der Waals surface area contributed by atoms with Gasteiger partial charge in [-0.3, -0.25) is 0 Å². The second-order valence-electron chi connectivity index (χ2n) is 3.40. The van der Waals surface area contributed by atoms with Crippen LogP contribution in [0, 0.1) is 12.8 Å². The van der Waals surface area contributed by atoms with Crippen LogP contribution in [0.15, 0.2) is 36.9 Å². The molecule has 12 heavy (non-hydrogen) atoms. The summed E-state index contributed by atoms with van der Waals surface area (Å²) in [5.41, 5.74) is 2.72. The lowest BCUT2D eigenvalue weighted by Gasteiger charge is -2.05. The van der Waals surface area contributed by atoms with Gasteiger partial charge < -0.3 is 0 Å². The monoisotopic (exact) mass is 160 g/mol. The van der Waals surface area contributed by atoms with Gasteiger partial charge in [0.25, 0.3) is 0 Å². The Morgan fingerprint density at radius 2 is 1.92 bits per heavy atom. The molecule has 1 atom stereocenters. The number of rotatable bonds is 3. The van der Waals surface area contributed by atoms with Crippen LogP contribution in [0.2, 0.25) is 0 Å². The molecule has 0 N–H and O–H groups in total. The lowest BCUT2D eigenvalue weighted by atomic mass is 10.0. The molecule has 0 radical (unpaired) electrons. The van der Waals surface area contributed by atoms with Gasteiger partial charge in [0.05, 0.1) is 0 Å². The van der Waals surface area contributed by atoms with Crippen LogP contribution in [0.1, 0.15) is 18.1 Å². The van der Waals surface area contributed by atoms with Crippen LogP contribution >= 0.6 is 0 Å². The quantitative estimate of drug-likeness (QED) is 0.595. The predicted molar refractivity (Wildman–Crippen MR) is 54.2 cm³/mol. The molecule has 64 valence electrons. The molecule has 0 amide bonds. The first-order valence-corrected chi connectivity index (χ1v) is 4.40. The van der Waals surface area contributed by atoms with E-state index in [-0.39, 0.29) is 0 Å². The lowest BCUT2D eigenvalue weighted by molar-refractivity contribution is 0.725. The molecular weight excluding hydrogens is 144 g/mol. The molecule has 0 aromatic heterocycles. The zero-order chi connectivity index (χ0) is 8.97. The first-order valence-electron chi connectivity index (χ1n) is 4.40. The summed E-state index contributed by atoms with van der Waals surface area (Å²) in [6, 6.07) is 8.70. The average Bonchev–Trinajstić information content (AvgIpc) is 2.09. The number of benzene rings is 1. The summed E-state index contributed by atoms with van der Waals surface area (Å²) in [6.07, 6.45) is 3.10. The topological polar surface area (TPSA) is 0 Å². The van der Waals surface area contributed by atoms with Gasteiger partial charge in [-0.2, -0.15) is 0 Å². The van der Waals surface area contributed by atoms with Crippen molar-refractivity contribution in [2.75, 3.05) is 0 Å². The Labute approximate surface area is 74.9 Å². The Balaban J connectivity index is 2.64. The maximum Gasteiger partial charge on any atom is -0.0218 e. The van der Waals surface area contributed by atoms with E-state index in [4.69, 9.17) is 0 Å². The Morgan fingerprint density at radius 3 is 2.42 bits per heavy atom. The summed E-state index contributed by atoms with van der Waals surface area (Å²) in [6.45, 7) is 8.07. The molecule has 0 heterocycles. The van der Waals surface area contributed by atoms with Crippen LogP contribution < -0.4 is 0 Å². The normalized spacial score (nSPS) is 12.5. The zero-order valence-corrected chi connectivity index (χ0v) is 7.88. The van der Waals surface area contributed by atoms with Crippen molar-refractivity contribution >= 4 is 0 Å². The van der Waals surface area contributed by atoms with Crippen molar-refractivity contribution in [1.82, 2.24) is 0 Å². The highest BCUT2D eigenvalue weighted by atomic mass is 14.0. The predicted octanol–water partition coefficient (Wildman–Crippen LogP) is 3.36. The molecule has 0 heteroatoms. The summed E-state index contributed by atoms with van der Waals surface area (Å²) < 4.78 is 0. The molecule has 0 aliphatic carbocycles. The molecule has 1 unspecified atom stereocenters. The van der Waals surface area contributed by atoms with Crippen molar-refractivity contribution in [3.63, 3.8) is 0 Å². The van der Waals surface area contributed by atoms with Crippen LogP contribution in [0.4, 0.5) is 0 Å². The van der Waals surface area contributed by atoms with Gasteiger partial charge in [-0.1, -0.05) is 42.8 Å². The van der Waals surface area contributed by atoms with Gasteiger partial charge in [-0.05, 0) is 24.8 Å². The molecule has 0 fully saturated rings. The number of allylic oxidation sites excluding steroid dienone is 1. The standard InChI is InChI=1S/C12H16/c1-4-10(2)9-12-7-5-11(3)6-8-12/h4-8,10H,1,9H2,2-3H3. The Hall–Kier alpha value is -1.04. The van der Waals surface area contributed by atoms with Gasteiger partial charge in [0.1, 0.15) is 0 Å². The lowest BCUT2D eigenvalue weighted by Crippen LogP contribution is -1.94. The van der Waals surface area contributed by atoms with Crippen molar-refractivity contribution in [3.05, 3.63) is 48.0 Å². The minimum absolute atomic E-state index is 0.577. The fraction of sp³-hybridized carbons (Fsp3) is 0.333. The fourth-order valence-corrected chi connectivity index (χ4v) is 1.18. The van der Waals surface area contributed by atoms with E-state index in [1.807, 2.05) is 6.08 Å². The molecule has 1 aromatic carbocycles. The summed E-state index contributed by atoms with van der Waals surface area (Å²) in [4.78, 5) is 0. The largest absolute Gasteiger partial charge is 0.103 e. The van der Waals surface area contributed by atoms with Crippen LogP contribution in [0.5, 0.6) is 0 Å². The van der Waals surface area contributed by atoms with E-state index in [0.29, 0.717) is 5.92 Å². The SMILES string of the molecule is C=CC(C)Cc1ccc(C)cc1. The van der Waals surface area contributed by atoms with Gasteiger partial charge >= 0.3 is 0 Å². The van der Waals surface area contributed by atoms with Gasteiger partial charge in [-0.25, -0.2) is 0 Å². The summed E-state index contributed by atoms with van der Waals surface area (Å²) >= 11 is 0. The Bertz CT molecular complexity index is 243. The molecular formula is C12H16. The average molecular weight is 160 g/mol. The molecule has 0 saturated carbocycles. The summed E-state index contributed by atoms with van der Waals surface area (Å²) in [5.74, 6) is 0.577. The van der Waals surface area contributed by atoms with E-state index in [0.717, 1.165) is 6.42 Å². The van der Waals surface area contributed by atoms with Crippen LogP contribution in [0.25, 0.3) is 0 Å². The highest BCUT2D eigenvalue weighted by Gasteiger charge is 1.97. The van der Waals surface area contributed by atoms with E-state index in [1.165, 1.54) is 11.1 Å². The van der Waals surface area contributed by atoms with Gasteiger partial charge in [0, 0.05) is 0 Å². The van der Waals surface area contributed by atoms with E-state index >= 15 is 0 Å². The maximum atomic E-state index is 3.77. The third-order valence-electron chi connectivity index (χ3n) is 2.08. The maximum absolute atomic E-state index is 3.77. The zero-order valence-electron chi connectivity index (χ0n) is 7.88. The number of hydrogen-bond acceptors (Lipinski definition) is 0. The number of hydrogen-bond donors (Lipinski definition) is 0. The van der Waals surface area contributed by atoms with Gasteiger partial charge in [-0.15, -0.1) is 6.58 Å². The first-order chi connectivity index (χ1) is 5.72. The highest BCUT2D eigenvalue weighted by molar-refractivity contribution is 5.21. The second-order valence-corrected chi connectivity index (χ2v) is 3.40. The minimum atomic E-state index is 0.577. The molecule has 0 spiro atoms. The highest BCUT2D eigenvalue weighted by Crippen LogP contribution is 2.09. The van der Waals surface area contributed by atoms with E-state index in [1.54, 1.807) is 0 Å². The molecule has 1 rings (SSSR count). The van der Waals surface area contributed by atoms with Crippen LogP contribution in [0.3, 0.4) is 0 Å². The van der Waals surface area contributed by atoms with E-state index < -0.39 is 0 Å². The van der Waals surface area contributed by atoms with Crippen molar-refractivity contribution in [2.45, 2.75) is 20.3 Å². The van der Waals surface area contributed by atoms with Gasteiger partial charge in [0.15, 0.2) is 0 Å². The second kappa shape index (κ2) is 4.10. The minimum Gasteiger partial charge on any atom is -0.103 e. The molecule has 0 saturated heterocycles. The van der Waals surface area contributed by atoms with Crippen molar-refractivity contribution < 1.29 is 0 Å². The molecule has 0 aliphatic heterocycles.